The van der Waals surface area contributed by atoms with Crippen LogP contribution < -0.4 is 0 Å². The molecule has 0 aliphatic carbocycles. The molecule has 196 valence electrons. The van der Waals surface area contributed by atoms with Crippen LogP contribution in [-0.2, 0) is 27.4 Å². The van der Waals surface area contributed by atoms with E-state index in [1.165, 1.54) is 7.11 Å². The van der Waals surface area contributed by atoms with Gasteiger partial charge in [0.1, 0.15) is 17.8 Å². The Kier molecular flexibility index (Phi) is 8.60. The average molecular weight is 501 g/mol. The molecule has 0 N–H and O–H groups in total. The minimum atomic E-state index is -0.640. The Balaban J connectivity index is 1.72. The summed E-state index contributed by atoms with van der Waals surface area (Å²) in [5.41, 5.74) is 1.98. The Hall–Kier alpha value is -3.56. The predicted molar refractivity (Wildman–Crippen MR) is 133 cm³/mol. The second-order valence-corrected chi connectivity index (χ2v) is 9.86. The van der Waals surface area contributed by atoms with E-state index in [0.717, 1.165) is 5.56 Å². The highest BCUT2D eigenvalue weighted by atomic mass is 16.6. The second kappa shape index (κ2) is 11.5. The highest BCUT2D eigenvalue weighted by Crippen LogP contribution is 2.21. The van der Waals surface area contributed by atoms with Gasteiger partial charge < -0.3 is 24.0 Å². The molecule has 3 rings (SSSR count). The van der Waals surface area contributed by atoms with E-state index in [1.54, 1.807) is 21.4 Å². The van der Waals surface area contributed by atoms with Crippen LogP contribution in [0.1, 0.15) is 54.5 Å². The molecule has 0 saturated carbocycles. The summed E-state index contributed by atoms with van der Waals surface area (Å²) in [6.07, 6.45) is -0.343. The number of carbonyl (C=O) groups excluding carboxylic acids is 3. The molecule has 1 aliphatic heterocycles. The van der Waals surface area contributed by atoms with Crippen molar-refractivity contribution < 1.29 is 28.6 Å². The van der Waals surface area contributed by atoms with Gasteiger partial charge in [-0.05, 0) is 46.6 Å². The highest BCUT2D eigenvalue weighted by Gasteiger charge is 2.35. The molecule has 1 aromatic heterocycles. The molecule has 36 heavy (non-hydrogen) atoms. The lowest BCUT2D eigenvalue weighted by Gasteiger charge is -2.41. The van der Waals surface area contributed by atoms with Gasteiger partial charge in [-0.2, -0.15) is 5.10 Å². The Morgan fingerprint density at radius 3 is 2.39 bits per heavy atom. The molecule has 1 aliphatic rings. The van der Waals surface area contributed by atoms with Crippen LogP contribution in [0.4, 0.5) is 9.59 Å². The first-order valence-electron chi connectivity index (χ1n) is 12.1. The SMILES string of the molecule is COC(=O)c1c(C)nn(CC[C@@H]2CN(C(=O)OCc3ccccc3)CCN2C(=O)OC(C)(C)C)c1C. The number of amides is 2. The molecule has 0 bridgehead atoms. The minimum absolute atomic E-state index is 0.179. The molecular formula is C26H36N4O6. The lowest BCUT2D eigenvalue weighted by molar-refractivity contribution is -0.00516. The van der Waals surface area contributed by atoms with Crippen LogP contribution in [-0.4, -0.2) is 76.1 Å². The van der Waals surface area contributed by atoms with Gasteiger partial charge in [-0.1, -0.05) is 30.3 Å². The molecule has 2 amide bonds. The van der Waals surface area contributed by atoms with Gasteiger partial charge in [0.15, 0.2) is 0 Å². The standard InChI is InChI=1S/C26H36N4O6/c1-18-22(23(31)34-6)19(2)30(27-18)13-12-21-16-28(14-15-29(21)25(33)36-26(3,4)5)24(32)35-17-20-10-8-7-9-11-20/h7-11,21H,12-17H2,1-6H3/t21-/m1/s1. The fraction of sp³-hybridized carbons (Fsp3) is 0.538. The fourth-order valence-electron chi connectivity index (χ4n) is 4.22. The maximum Gasteiger partial charge on any atom is 0.410 e. The van der Waals surface area contributed by atoms with E-state index in [1.807, 2.05) is 58.0 Å². The molecule has 1 aromatic carbocycles. The monoisotopic (exact) mass is 500 g/mol. The third-order valence-corrected chi connectivity index (χ3v) is 6.02. The summed E-state index contributed by atoms with van der Waals surface area (Å²) in [6.45, 7) is 10.6. The molecule has 1 atom stereocenters. The normalized spacial score (nSPS) is 16.0. The number of nitrogens with zero attached hydrogens (tertiary/aromatic N) is 4. The van der Waals surface area contributed by atoms with Crippen LogP contribution in [0, 0.1) is 13.8 Å². The topological polar surface area (TPSA) is 103 Å². The summed E-state index contributed by atoms with van der Waals surface area (Å²) < 4.78 is 17.8. The van der Waals surface area contributed by atoms with Crippen molar-refractivity contribution in [3.05, 3.63) is 52.8 Å². The van der Waals surface area contributed by atoms with Gasteiger partial charge >= 0.3 is 18.2 Å². The van der Waals surface area contributed by atoms with Crippen LogP contribution in [0.5, 0.6) is 0 Å². The number of aromatic nitrogens is 2. The first-order valence-corrected chi connectivity index (χ1v) is 12.1. The lowest BCUT2D eigenvalue weighted by Crippen LogP contribution is -2.57. The maximum atomic E-state index is 13.0. The van der Waals surface area contributed by atoms with E-state index >= 15 is 0 Å². The summed E-state index contributed by atoms with van der Waals surface area (Å²) in [5, 5.41) is 4.49. The number of ether oxygens (including phenoxy) is 3. The minimum Gasteiger partial charge on any atom is -0.465 e. The van der Waals surface area contributed by atoms with Crippen molar-refractivity contribution in [3.8, 4) is 0 Å². The van der Waals surface area contributed by atoms with Crippen molar-refractivity contribution in [1.82, 2.24) is 19.6 Å². The van der Waals surface area contributed by atoms with Crippen molar-refractivity contribution in [2.45, 2.75) is 65.8 Å². The van der Waals surface area contributed by atoms with Crippen molar-refractivity contribution in [1.29, 1.82) is 0 Å². The van der Waals surface area contributed by atoms with Crippen LogP contribution in [0.15, 0.2) is 30.3 Å². The average Bonchev–Trinajstić information content (AvgIpc) is 3.12. The third-order valence-electron chi connectivity index (χ3n) is 6.02. The van der Waals surface area contributed by atoms with E-state index in [-0.39, 0.29) is 12.6 Å². The molecular weight excluding hydrogens is 464 g/mol. The van der Waals surface area contributed by atoms with E-state index in [0.29, 0.717) is 49.6 Å². The largest absolute Gasteiger partial charge is 0.465 e. The van der Waals surface area contributed by atoms with Gasteiger partial charge in [0, 0.05) is 26.2 Å². The summed E-state index contributed by atoms with van der Waals surface area (Å²) in [7, 11) is 1.34. The van der Waals surface area contributed by atoms with Crippen LogP contribution >= 0.6 is 0 Å². The van der Waals surface area contributed by atoms with Gasteiger partial charge in [0.25, 0.3) is 0 Å². The zero-order valence-electron chi connectivity index (χ0n) is 21.9. The van der Waals surface area contributed by atoms with Crippen LogP contribution in [0.2, 0.25) is 0 Å². The predicted octanol–water partition coefficient (Wildman–Crippen LogP) is 3.93. The number of hydrogen-bond acceptors (Lipinski definition) is 7. The molecule has 0 radical (unpaired) electrons. The van der Waals surface area contributed by atoms with Crippen molar-refractivity contribution in [3.63, 3.8) is 0 Å². The number of carbonyl (C=O) groups is 3. The molecule has 1 saturated heterocycles. The number of esters is 1. The molecule has 10 heteroatoms. The summed E-state index contributed by atoms with van der Waals surface area (Å²) in [5.74, 6) is -0.434. The van der Waals surface area contributed by atoms with E-state index < -0.39 is 23.8 Å². The smallest absolute Gasteiger partial charge is 0.410 e. The Labute approximate surface area is 212 Å². The number of aryl methyl sites for hydroxylation is 2. The van der Waals surface area contributed by atoms with E-state index in [9.17, 15) is 14.4 Å². The molecule has 1 fully saturated rings. The fourth-order valence-corrected chi connectivity index (χ4v) is 4.22. The Bertz CT molecular complexity index is 1080. The molecule has 2 aromatic rings. The van der Waals surface area contributed by atoms with Gasteiger partial charge in [0.2, 0.25) is 0 Å². The van der Waals surface area contributed by atoms with Gasteiger partial charge in [-0.15, -0.1) is 0 Å². The number of benzene rings is 1. The van der Waals surface area contributed by atoms with Crippen molar-refractivity contribution in [2.75, 3.05) is 26.7 Å². The van der Waals surface area contributed by atoms with Gasteiger partial charge in [0.05, 0.1) is 24.5 Å². The van der Waals surface area contributed by atoms with Crippen molar-refractivity contribution in [2.24, 2.45) is 0 Å². The summed E-state index contributed by atoms with van der Waals surface area (Å²) >= 11 is 0. The third kappa shape index (κ3) is 6.77. The van der Waals surface area contributed by atoms with Crippen LogP contribution in [0.25, 0.3) is 0 Å². The quantitative estimate of drug-likeness (QED) is 0.437. The Morgan fingerprint density at radius 1 is 1.06 bits per heavy atom. The van der Waals surface area contributed by atoms with Crippen molar-refractivity contribution >= 4 is 18.2 Å². The molecule has 10 nitrogen and oxygen atoms in total. The zero-order valence-corrected chi connectivity index (χ0v) is 21.9. The van der Waals surface area contributed by atoms with E-state index in [4.69, 9.17) is 14.2 Å². The number of rotatable bonds is 6. The molecule has 2 heterocycles. The summed E-state index contributed by atoms with van der Waals surface area (Å²) in [6, 6.07) is 9.17. The van der Waals surface area contributed by atoms with Gasteiger partial charge in [-0.3, -0.25) is 4.68 Å². The first kappa shape index (κ1) is 27.0. The first-order chi connectivity index (χ1) is 17.0. The second-order valence-electron chi connectivity index (χ2n) is 9.86. The zero-order chi connectivity index (χ0) is 26.5. The highest BCUT2D eigenvalue weighted by molar-refractivity contribution is 5.91. The maximum absolute atomic E-state index is 13.0. The van der Waals surface area contributed by atoms with Gasteiger partial charge in [-0.25, -0.2) is 14.4 Å². The molecule has 0 unspecified atom stereocenters. The molecule has 0 spiro atoms. The summed E-state index contributed by atoms with van der Waals surface area (Å²) in [4.78, 5) is 41.2. The number of methoxy groups -OCH3 is 1. The lowest BCUT2D eigenvalue weighted by atomic mass is 10.1. The Morgan fingerprint density at radius 2 is 1.75 bits per heavy atom. The number of piperazine rings is 1. The van der Waals surface area contributed by atoms with Crippen LogP contribution in [0.3, 0.4) is 0 Å². The number of hydrogen-bond donors (Lipinski definition) is 0. The van der Waals surface area contributed by atoms with E-state index in [2.05, 4.69) is 5.10 Å².